The van der Waals surface area contributed by atoms with Crippen LogP contribution in [0.25, 0.3) is 0 Å². The van der Waals surface area contributed by atoms with Crippen LogP contribution in [-0.4, -0.2) is 98.7 Å². The SMILES string of the molecule is CC1CC(C2CCCN2[C@@](C(N)=O)(C(=O)OC(N)=O)C2(C)Cc3ccc2cc3)N(c2ccc(O)cc2)[C@]1(C)C1CCCN1[C@@](C(N)=O)(C(=O)OC(N)=O)C1(C)Cc2ccc1cc2. The second kappa shape index (κ2) is 14.8. The highest BCUT2D eigenvalue weighted by molar-refractivity contribution is 6.12. The van der Waals surface area contributed by atoms with Crippen LogP contribution in [0.3, 0.4) is 0 Å². The van der Waals surface area contributed by atoms with Crippen LogP contribution in [0.2, 0.25) is 0 Å². The quantitative estimate of drug-likeness (QED) is 0.138. The highest BCUT2D eigenvalue weighted by atomic mass is 16.6. The van der Waals surface area contributed by atoms with Crippen molar-refractivity contribution in [2.75, 3.05) is 18.0 Å². The molecule has 9 N–H and O–H groups in total. The summed E-state index contributed by atoms with van der Waals surface area (Å²) in [4.78, 5) is 89.1. The number of fused-ring (bicyclic) bond motifs is 6. The molecule has 0 radical (unpaired) electrons. The number of phenolic OH excluding ortho intramolecular Hbond substituents is 1. The summed E-state index contributed by atoms with van der Waals surface area (Å²) in [5, 5.41) is 10.6. The molecule has 4 amide bonds. The van der Waals surface area contributed by atoms with E-state index < -0.39 is 81.5 Å². The maximum absolute atomic E-state index is 14.8. The molecule has 3 aromatic rings. The normalized spacial score (nSPS) is 31.0. The fraction of sp³-hybridized carbons (Fsp3) is 0.478. The van der Waals surface area contributed by atoms with E-state index in [1.54, 1.807) is 38.1 Å². The number of esters is 2. The summed E-state index contributed by atoms with van der Waals surface area (Å²) in [6.07, 6.45) is 0.356. The number of nitrogens with zero attached hydrogens (tertiary/aromatic N) is 3. The third kappa shape index (κ3) is 5.78. The summed E-state index contributed by atoms with van der Waals surface area (Å²) in [6.45, 7) is 8.22. The van der Waals surface area contributed by atoms with Crippen LogP contribution in [-0.2, 0) is 52.3 Å². The standard InChI is InChI=1S/C46H55N7O9/c1-26-23-34(33-7-5-21-51(33)45(36(47)55,38(57)61-40(49)59)42(2)24-27-9-13-29(42)14-10-27)53(31-17-19-32(54)20-18-31)44(26,4)35-8-6-22-52(35)46(37(48)56,39(58)62-41(50)60)43(3)25-28-11-15-30(43)16-12-28/h9-20,26,33-35,54H,5-8,21-25H2,1-4H3,(H2,47,55)(H2,48,56)(H2,49,59)(H2,50,60)/t26?,33?,34?,35?,42?,43?,44-,45-,46-/m0/s1. The number of amides is 4. The van der Waals surface area contributed by atoms with Crippen LogP contribution in [0.4, 0.5) is 15.3 Å². The van der Waals surface area contributed by atoms with Crippen LogP contribution in [0.1, 0.15) is 82.1 Å². The molecule has 62 heavy (non-hydrogen) atoms. The van der Waals surface area contributed by atoms with Crippen LogP contribution >= 0.6 is 0 Å². The first-order chi connectivity index (χ1) is 29.3. The van der Waals surface area contributed by atoms with Crippen molar-refractivity contribution in [2.24, 2.45) is 28.9 Å². The van der Waals surface area contributed by atoms with Gasteiger partial charge in [0.15, 0.2) is 0 Å². The third-order valence-electron chi connectivity index (χ3n) is 15.7. The van der Waals surface area contributed by atoms with E-state index in [1.165, 1.54) is 0 Å². The van der Waals surface area contributed by atoms with E-state index in [0.29, 0.717) is 48.9 Å². The van der Waals surface area contributed by atoms with Gasteiger partial charge in [-0.25, -0.2) is 19.2 Å². The Hall–Kier alpha value is -6.00. The van der Waals surface area contributed by atoms with E-state index in [9.17, 15) is 33.9 Å². The maximum atomic E-state index is 14.8. The zero-order valence-corrected chi connectivity index (χ0v) is 35.5. The number of benzene rings is 3. The van der Waals surface area contributed by atoms with Crippen molar-refractivity contribution in [1.29, 1.82) is 0 Å². The third-order valence-corrected chi connectivity index (χ3v) is 15.7. The van der Waals surface area contributed by atoms with E-state index in [2.05, 4.69) is 18.7 Å². The number of hydrogen-bond donors (Lipinski definition) is 5. The molecule has 3 fully saturated rings. The molecule has 3 aromatic carbocycles. The Balaban J connectivity index is 1.31. The zero-order valence-electron chi connectivity index (χ0n) is 35.5. The molecule has 7 aliphatic rings. The Morgan fingerprint density at radius 3 is 1.53 bits per heavy atom. The van der Waals surface area contributed by atoms with Crippen LogP contribution in [0.5, 0.6) is 5.75 Å². The van der Waals surface area contributed by atoms with Crippen molar-refractivity contribution in [3.05, 3.63) is 95.1 Å². The molecule has 16 heteroatoms. The molecule has 0 aromatic heterocycles. The number of ether oxygens (including phenoxy) is 2. The molecule has 6 unspecified atom stereocenters. The number of carbonyl (C=O) groups excluding carboxylic acids is 6. The Labute approximate surface area is 359 Å². The molecule has 4 bridgehead atoms. The summed E-state index contributed by atoms with van der Waals surface area (Å²) in [5.74, 6) is -4.49. The van der Waals surface area contributed by atoms with Gasteiger partial charge in [-0.15, -0.1) is 0 Å². The maximum Gasteiger partial charge on any atom is 0.412 e. The van der Waals surface area contributed by atoms with E-state index >= 15 is 0 Å². The molecule has 0 spiro atoms. The highest BCUT2D eigenvalue weighted by Gasteiger charge is 2.72. The van der Waals surface area contributed by atoms with Crippen molar-refractivity contribution in [1.82, 2.24) is 9.80 Å². The van der Waals surface area contributed by atoms with E-state index in [1.807, 2.05) is 58.3 Å². The van der Waals surface area contributed by atoms with E-state index in [0.717, 1.165) is 11.1 Å². The molecular weight excluding hydrogens is 795 g/mol. The van der Waals surface area contributed by atoms with Gasteiger partial charge in [0.25, 0.3) is 11.8 Å². The van der Waals surface area contributed by atoms with E-state index in [4.69, 9.17) is 32.4 Å². The Morgan fingerprint density at radius 2 is 1.10 bits per heavy atom. The molecule has 10 rings (SSSR count). The largest absolute Gasteiger partial charge is 0.508 e. The number of likely N-dealkylation sites (tertiary alicyclic amines) is 2. The monoisotopic (exact) mass is 849 g/mol. The fourth-order valence-electron chi connectivity index (χ4n) is 12.9. The molecule has 3 saturated heterocycles. The number of anilines is 1. The van der Waals surface area contributed by atoms with Gasteiger partial charge >= 0.3 is 24.1 Å². The summed E-state index contributed by atoms with van der Waals surface area (Å²) >= 11 is 0. The number of primary amides is 4. The first-order valence-corrected chi connectivity index (χ1v) is 21.2. The van der Waals surface area contributed by atoms with Gasteiger partial charge in [-0.2, -0.15) is 0 Å². The van der Waals surface area contributed by atoms with Gasteiger partial charge in [0.05, 0.1) is 5.54 Å². The number of nitrogens with two attached hydrogens (primary N) is 4. The molecule has 0 saturated carbocycles. The Bertz CT molecular complexity index is 2340. The predicted molar refractivity (Wildman–Crippen MR) is 226 cm³/mol. The number of rotatable bonds is 11. The average molecular weight is 850 g/mol. The fourth-order valence-corrected chi connectivity index (χ4v) is 12.9. The van der Waals surface area contributed by atoms with Crippen molar-refractivity contribution < 1.29 is 43.3 Å². The lowest BCUT2D eigenvalue weighted by Gasteiger charge is -2.58. The molecule has 4 aliphatic carbocycles. The lowest BCUT2D eigenvalue weighted by molar-refractivity contribution is -0.167. The minimum Gasteiger partial charge on any atom is -0.508 e. The van der Waals surface area contributed by atoms with Crippen LogP contribution in [0.15, 0.2) is 72.8 Å². The van der Waals surface area contributed by atoms with Crippen molar-refractivity contribution >= 4 is 41.6 Å². The molecular formula is C46H55N7O9. The van der Waals surface area contributed by atoms with Crippen molar-refractivity contribution in [3.63, 3.8) is 0 Å². The Kier molecular flexibility index (Phi) is 10.2. The lowest BCUT2D eigenvalue weighted by Crippen LogP contribution is -2.78. The number of carbonyl (C=O) groups is 6. The van der Waals surface area contributed by atoms with Crippen LogP contribution in [0, 0.1) is 5.92 Å². The molecule has 3 aliphatic heterocycles. The van der Waals surface area contributed by atoms with Gasteiger partial charge < -0.3 is 42.4 Å². The smallest absolute Gasteiger partial charge is 0.412 e. The second-order valence-corrected chi connectivity index (χ2v) is 18.5. The summed E-state index contributed by atoms with van der Waals surface area (Å²) in [6, 6.07) is 20.1. The number of aromatic hydroxyl groups is 1. The van der Waals surface area contributed by atoms with Gasteiger partial charge in [0.2, 0.25) is 11.1 Å². The van der Waals surface area contributed by atoms with Crippen LogP contribution < -0.4 is 27.8 Å². The first-order valence-electron chi connectivity index (χ1n) is 21.2. The summed E-state index contributed by atoms with van der Waals surface area (Å²) in [7, 11) is 0. The van der Waals surface area contributed by atoms with Gasteiger partial charge in [0.1, 0.15) is 5.75 Å². The van der Waals surface area contributed by atoms with Gasteiger partial charge in [-0.05, 0) is 104 Å². The number of hydrogen-bond acceptors (Lipinski definition) is 12. The molecule has 9 atom stereocenters. The molecule has 16 nitrogen and oxygen atoms in total. The van der Waals surface area contributed by atoms with Gasteiger partial charge in [0, 0.05) is 47.7 Å². The zero-order chi connectivity index (χ0) is 44.7. The summed E-state index contributed by atoms with van der Waals surface area (Å²) in [5.41, 5.74) is 19.7. The lowest BCUT2D eigenvalue weighted by atomic mass is 9.58. The van der Waals surface area contributed by atoms with E-state index in [-0.39, 0.29) is 37.6 Å². The van der Waals surface area contributed by atoms with Crippen molar-refractivity contribution in [2.45, 2.75) is 118 Å². The molecule has 3 heterocycles. The number of phenols is 1. The second-order valence-electron chi connectivity index (χ2n) is 18.5. The van der Waals surface area contributed by atoms with Crippen molar-refractivity contribution in [3.8, 4) is 5.75 Å². The highest BCUT2D eigenvalue weighted by Crippen LogP contribution is 2.57. The first kappa shape index (κ1) is 42.7. The average Bonchev–Trinajstić information content (AvgIpc) is 3.95. The minimum atomic E-state index is -2.22. The van der Waals surface area contributed by atoms with Gasteiger partial charge in [-0.1, -0.05) is 69.3 Å². The summed E-state index contributed by atoms with van der Waals surface area (Å²) < 4.78 is 10.4. The topological polar surface area (TPSA) is 255 Å². The molecule has 328 valence electrons. The minimum absolute atomic E-state index is 0.0277. The Morgan fingerprint density at radius 1 is 0.645 bits per heavy atom. The predicted octanol–water partition coefficient (Wildman–Crippen LogP) is 3.01. The van der Waals surface area contributed by atoms with Gasteiger partial charge in [-0.3, -0.25) is 19.4 Å².